The smallest absolute Gasteiger partial charge is 0.248 e. The first-order chi connectivity index (χ1) is 7.49. The van der Waals surface area contributed by atoms with Crippen molar-refractivity contribution in [1.29, 1.82) is 0 Å². The van der Waals surface area contributed by atoms with E-state index in [1.807, 2.05) is 0 Å². The minimum absolute atomic E-state index is 0.372. The summed E-state index contributed by atoms with van der Waals surface area (Å²) in [7, 11) is 0. The highest BCUT2D eigenvalue weighted by atomic mass is 19.1. The molecule has 0 unspecified atom stereocenters. The normalized spacial score (nSPS) is 10.4. The molecule has 0 aromatic heterocycles. The van der Waals surface area contributed by atoms with E-state index >= 15 is 0 Å². The molecule has 0 aliphatic heterocycles. The van der Waals surface area contributed by atoms with E-state index in [0.717, 1.165) is 12.2 Å². The van der Waals surface area contributed by atoms with E-state index in [9.17, 15) is 14.0 Å². The van der Waals surface area contributed by atoms with Gasteiger partial charge < -0.3 is 11.1 Å². The Hall–Kier alpha value is -2.17. The van der Waals surface area contributed by atoms with Crippen molar-refractivity contribution < 1.29 is 14.0 Å². The molecule has 0 atom stereocenters. The number of anilines is 1. The van der Waals surface area contributed by atoms with Crippen LogP contribution < -0.4 is 11.1 Å². The number of carbonyl (C=O) groups excluding carboxylic acids is 2. The fourth-order valence-corrected chi connectivity index (χ4v) is 1.10. The summed E-state index contributed by atoms with van der Waals surface area (Å²) in [6.45, 7) is 1.66. The summed E-state index contributed by atoms with van der Waals surface area (Å²) in [5, 5.41) is 2.49. The number of aryl methyl sites for hydroxylation is 1. The summed E-state index contributed by atoms with van der Waals surface area (Å²) < 4.78 is 12.8. The third-order valence-corrected chi connectivity index (χ3v) is 1.85. The maximum Gasteiger partial charge on any atom is 0.248 e. The first-order valence-corrected chi connectivity index (χ1v) is 4.53. The van der Waals surface area contributed by atoms with Crippen LogP contribution in [0.25, 0.3) is 0 Å². The Kier molecular flexibility index (Phi) is 3.77. The van der Waals surface area contributed by atoms with Gasteiger partial charge in [-0.05, 0) is 30.7 Å². The van der Waals surface area contributed by atoms with Crippen LogP contribution in [0, 0.1) is 12.7 Å². The molecule has 0 spiro atoms. The van der Waals surface area contributed by atoms with Crippen molar-refractivity contribution in [3.05, 3.63) is 41.7 Å². The van der Waals surface area contributed by atoms with Crippen LogP contribution >= 0.6 is 0 Å². The van der Waals surface area contributed by atoms with E-state index in [1.54, 1.807) is 6.92 Å². The Labute approximate surface area is 91.9 Å². The number of nitrogens with two attached hydrogens (primary N) is 1. The summed E-state index contributed by atoms with van der Waals surface area (Å²) in [4.78, 5) is 21.6. The highest BCUT2D eigenvalue weighted by molar-refractivity contribution is 6.03. The number of carbonyl (C=O) groups is 2. The van der Waals surface area contributed by atoms with Gasteiger partial charge in [0.25, 0.3) is 0 Å². The molecule has 4 nitrogen and oxygen atoms in total. The summed E-state index contributed by atoms with van der Waals surface area (Å²) in [6, 6.07) is 3.98. The van der Waals surface area contributed by atoms with Crippen molar-refractivity contribution in [3.8, 4) is 0 Å². The van der Waals surface area contributed by atoms with Crippen LogP contribution in [0.4, 0.5) is 10.1 Å². The molecule has 0 aliphatic carbocycles. The number of primary amides is 1. The lowest BCUT2D eigenvalue weighted by atomic mass is 10.2. The van der Waals surface area contributed by atoms with Gasteiger partial charge in [0.1, 0.15) is 5.82 Å². The topological polar surface area (TPSA) is 72.2 Å². The van der Waals surface area contributed by atoms with Gasteiger partial charge in [0, 0.05) is 17.8 Å². The van der Waals surface area contributed by atoms with Crippen LogP contribution in [-0.4, -0.2) is 11.8 Å². The van der Waals surface area contributed by atoms with Gasteiger partial charge in [-0.2, -0.15) is 0 Å². The van der Waals surface area contributed by atoms with Crippen molar-refractivity contribution in [2.24, 2.45) is 5.73 Å². The van der Waals surface area contributed by atoms with Crippen molar-refractivity contribution in [2.75, 3.05) is 5.32 Å². The Bertz CT molecular complexity index is 455. The van der Waals surface area contributed by atoms with Gasteiger partial charge in [-0.15, -0.1) is 0 Å². The van der Waals surface area contributed by atoms with Gasteiger partial charge in [0.15, 0.2) is 0 Å². The molecule has 0 aliphatic rings. The Morgan fingerprint density at radius 2 is 2.06 bits per heavy atom. The van der Waals surface area contributed by atoms with E-state index in [2.05, 4.69) is 5.32 Å². The highest BCUT2D eigenvalue weighted by Crippen LogP contribution is 2.15. The van der Waals surface area contributed by atoms with Crippen LogP contribution in [0.1, 0.15) is 5.56 Å². The maximum absolute atomic E-state index is 12.8. The first kappa shape index (κ1) is 11.9. The molecular weight excluding hydrogens is 211 g/mol. The number of hydrogen-bond acceptors (Lipinski definition) is 2. The molecule has 0 fully saturated rings. The number of halogens is 1. The van der Waals surface area contributed by atoms with E-state index in [1.165, 1.54) is 18.2 Å². The van der Waals surface area contributed by atoms with E-state index in [4.69, 9.17) is 5.73 Å². The number of rotatable bonds is 3. The van der Waals surface area contributed by atoms with Crippen LogP contribution in [-0.2, 0) is 9.59 Å². The van der Waals surface area contributed by atoms with Crippen LogP contribution in [0.2, 0.25) is 0 Å². The van der Waals surface area contributed by atoms with Gasteiger partial charge in [0.05, 0.1) is 0 Å². The Morgan fingerprint density at radius 3 is 2.62 bits per heavy atom. The maximum atomic E-state index is 12.8. The summed E-state index contributed by atoms with van der Waals surface area (Å²) in [5.74, 6) is -1.57. The molecule has 16 heavy (non-hydrogen) atoms. The third-order valence-electron chi connectivity index (χ3n) is 1.85. The molecule has 0 bridgehead atoms. The molecule has 1 rings (SSSR count). The lowest BCUT2D eigenvalue weighted by Crippen LogP contribution is -2.12. The monoisotopic (exact) mass is 222 g/mol. The minimum Gasteiger partial charge on any atom is -0.366 e. The highest BCUT2D eigenvalue weighted by Gasteiger charge is 2.02. The average Bonchev–Trinajstić information content (AvgIpc) is 2.19. The summed E-state index contributed by atoms with van der Waals surface area (Å²) >= 11 is 0. The summed E-state index contributed by atoms with van der Waals surface area (Å²) in [5.41, 5.74) is 5.91. The molecule has 1 aromatic carbocycles. The van der Waals surface area contributed by atoms with Gasteiger partial charge in [0.2, 0.25) is 11.8 Å². The van der Waals surface area contributed by atoms with Crippen molar-refractivity contribution in [1.82, 2.24) is 0 Å². The SMILES string of the molecule is Cc1cc(F)ccc1NC(=O)/C=C\C(N)=O. The zero-order chi connectivity index (χ0) is 12.1. The molecule has 1 aromatic rings. The van der Waals surface area contributed by atoms with E-state index < -0.39 is 11.8 Å². The fourth-order valence-electron chi connectivity index (χ4n) is 1.10. The lowest BCUT2D eigenvalue weighted by molar-refractivity contribution is -0.115. The van der Waals surface area contributed by atoms with Crippen LogP contribution in [0.3, 0.4) is 0 Å². The van der Waals surface area contributed by atoms with Crippen molar-refractivity contribution in [2.45, 2.75) is 6.92 Å². The third kappa shape index (κ3) is 3.53. The predicted molar refractivity (Wildman–Crippen MR) is 58.1 cm³/mol. The standard InChI is InChI=1S/C11H11FN2O2/c1-7-6-8(12)2-3-9(7)14-11(16)5-4-10(13)15/h2-6H,1H3,(H2,13,15)(H,14,16)/b5-4-. The van der Waals surface area contributed by atoms with Crippen LogP contribution in [0.5, 0.6) is 0 Å². The molecule has 0 saturated carbocycles. The predicted octanol–water partition coefficient (Wildman–Crippen LogP) is 1.11. The van der Waals surface area contributed by atoms with Gasteiger partial charge in [-0.25, -0.2) is 4.39 Å². The molecule has 0 saturated heterocycles. The van der Waals surface area contributed by atoms with Gasteiger partial charge in [-0.3, -0.25) is 9.59 Å². The molecule has 3 N–H and O–H groups in total. The number of nitrogens with one attached hydrogen (secondary N) is 1. The quantitative estimate of drug-likeness (QED) is 0.752. The van der Waals surface area contributed by atoms with E-state index in [-0.39, 0.29) is 5.82 Å². The van der Waals surface area contributed by atoms with E-state index in [0.29, 0.717) is 11.3 Å². The Balaban J connectivity index is 2.73. The number of amides is 2. The molecule has 0 radical (unpaired) electrons. The minimum atomic E-state index is -0.703. The molecule has 84 valence electrons. The van der Waals surface area contributed by atoms with Gasteiger partial charge in [-0.1, -0.05) is 0 Å². The fraction of sp³-hybridized carbons (Fsp3) is 0.0909. The zero-order valence-electron chi connectivity index (χ0n) is 8.66. The number of hydrogen-bond donors (Lipinski definition) is 2. The summed E-state index contributed by atoms with van der Waals surface area (Å²) in [6.07, 6.45) is 1.97. The number of benzene rings is 1. The van der Waals surface area contributed by atoms with Gasteiger partial charge >= 0.3 is 0 Å². The lowest BCUT2D eigenvalue weighted by Gasteiger charge is -2.05. The molecule has 5 heteroatoms. The largest absolute Gasteiger partial charge is 0.366 e. The second kappa shape index (κ2) is 5.06. The van der Waals surface area contributed by atoms with Crippen LogP contribution in [0.15, 0.2) is 30.4 Å². The Morgan fingerprint density at radius 1 is 1.38 bits per heavy atom. The molecular formula is C11H11FN2O2. The second-order valence-corrected chi connectivity index (χ2v) is 3.18. The first-order valence-electron chi connectivity index (χ1n) is 4.53. The zero-order valence-corrected chi connectivity index (χ0v) is 8.66. The molecule has 2 amide bonds. The van der Waals surface area contributed by atoms with Crippen molar-refractivity contribution in [3.63, 3.8) is 0 Å². The second-order valence-electron chi connectivity index (χ2n) is 3.18. The average molecular weight is 222 g/mol. The van der Waals surface area contributed by atoms with Crippen molar-refractivity contribution >= 4 is 17.5 Å². The molecule has 0 heterocycles.